The summed E-state index contributed by atoms with van der Waals surface area (Å²) in [6.07, 6.45) is 0. The smallest absolute Gasteiger partial charge is 0.108 e. The Bertz CT molecular complexity index is 225. The maximum Gasteiger partial charge on any atom is 0.108 e. The molecule has 0 fully saturated rings. The summed E-state index contributed by atoms with van der Waals surface area (Å²) < 4.78 is 0. The van der Waals surface area contributed by atoms with Crippen molar-refractivity contribution in [3.63, 3.8) is 0 Å². The number of hydroxylamine groups is 2. The molecule has 0 aliphatic heterocycles. The summed E-state index contributed by atoms with van der Waals surface area (Å²) in [6.45, 7) is 12.0. The third kappa shape index (κ3) is 6.02. The third-order valence-electron chi connectivity index (χ3n) is 1.65. The molecule has 0 amide bonds. The highest BCUT2D eigenvalue weighted by Gasteiger charge is 2.19. The van der Waals surface area contributed by atoms with Gasteiger partial charge in [0.25, 0.3) is 0 Å². The van der Waals surface area contributed by atoms with Gasteiger partial charge in [-0.05, 0) is 0 Å². The first-order chi connectivity index (χ1) is 6.55. The molecule has 88 valence electrons. The zero-order chi connectivity index (χ0) is 12.3. The zero-order valence-corrected chi connectivity index (χ0v) is 11.9. The van der Waals surface area contributed by atoms with Gasteiger partial charge >= 0.3 is 0 Å². The topological polar surface area (TPSA) is 33.3 Å². The first kappa shape index (κ1) is 14.7. The molecule has 0 atom stereocenters. The van der Waals surface area contributed by atoms with E-state index in [1.54, 1.807) is 0 Å². The Morgan fingerprint density at radius 2 is 1.07 bits per heavy atom. The molecule has 0 aromatic rings. The van der Waals surface area contributed by atoms with E-state index in [-0.39, 0.29) is 10.8 Å². The molecule has 0 aromatic carbocycles. The fraction of sp³-hybridized carbons (Fsp3) is 0.800. The summed E-state index contributed by atoms with van der Waals surface area (Å²) >= 11 is 10.2. The highest BCUT2D eigenvalue weighted by Crippen LogP contribution is 2.15. The number of rotatable bonds is 2. The van der Waals surface area contributed by atoms with Crippen molar-refractivity contribution in [1.82, 2.24) is 11.0 Å². The van der Waals surface area contributed by atoms with Gasteiger partial charge in [0.2, 0.25) is 0 Å². The van der Waals surface area contributed by atoms with Gasteiger partial charge in [0.15, 0.2) is 0 Å². The third-order valence-corrected chi connectivity index (χ3v) is 3.04. The van der Waals surface area contributed by atoms with E-state index in [0.29, 0.717) is 9.98 Å². The number of hydrogen-bond donors (Lipinski definition) is 2. The second-order valence-electron chi connectivity index (χ2n) is 5.46. The predicted molar refractivity (Wildman–Crippen MR) is 71.5 cm³/mol. The van der Waals surface area contributed by atoms with Gasteiger partial charge in [-0.15, -0.1) is 0 Å². The minimum absolute atomic E-state index is 0.111. The molecule has 15 heavy (non-hydrogen) atoms. The van der Waals surface area contributed by atoms with Crippen LogP contribution in [0.25, 0.3) is 0 Å². The summed E-state index contributed by atoms with van der Waals surface area (Å²) in [5.74, 6) is 0. The van der Waals surface area contributed by atoms with Crippen LogP contribution >= 0.6 is 24.4 Å². The molecule has 0 saturated carbocycles. The van der Waals surface area contributed by atoms with Gasteiger partial charge in [0.1, 0.15) is 9.98 Å². The van der Waals surface area contributed by atoms with Crippen LogP contribution in [0.1, 0.15) is 41.5 Å². The Balaban J connectivity index is 3.92. The normalized spacial score (nSPS) is 12.1. The van der Waals surface area contributed by atoms with Crippen LogP contribution in [0.2, 0.25) is 0 Å². The molecule has 3 nitrogen and oxygen atoms in total. The number of nitrogens with one attached hydrogen (secondary N) is 2. The van der Waals surface area contributed by atoms with E-state index in [1.165, 1.54) is 0 Å². The molecule has 0 rings (SSSR count). The van der Waals surface area contributed by atoms with Gasteiger partial charge in [-0.25, -0.2) is 11.0 Å². The first-order valence-electron chi connectivity index (χ1n) is 4.82. The van der Waals surface area contributed by atoms with E-state index < -0.39 is 0 Å². The molecular weight excluding hydrogens is 228 g/mol. The van der Waals surface area contributed by atoms with Gasteiger partial charge in [0, 0.05) is 10.8 Å². The fourth-order valence-electron chi connectivity index (χ4n) is 0.424. The quantitative estimate of drug-likeness (QED) is 0.580. The average molecular weight is 248 g/mol. The van der Waals surface area contributed by atoms with E-state index in [4.69, 9.17) is 29.4 Å². The molecular formula is C10H20N2OS2. The van der Waals surface area contributed by atoms with Crippen molar-refractivity contribution >= 4 is 34.4 Å². The second kappa shape index (κ2) is 5.18. The van der Waals surface area contributed by atoms with Crippen LogP contribution in [0.3, 0.4) is 0 Å². The lowest BCUT2D eigenvalue weighted by atomic mass is 9.97. The van der Waals surface area contributed by atoms with Crippen LogP contribution in [0.15, 0.2) is 0 Å². The van der Waals surface area contributed by atoms with E-state index in [0.717, 1.165) is 0 Å². The summed E-state index contributed by atoms with van der Waals surface area (Å²) in [5, 5.41) is 0. The minimum atomic E-state index is -0.111. The Labute approximate surface area is 103 Å². The lowest BCUT2D eigenvalue weighted by Crippen LogP contribution is -2.41. The van der Waals surface area contributed by atoms with Crippen molar-refractivity contribution in [2.24, 2.45) is 10.8 Å². The van der Waals surface area contributed by atoms with Crippen molar-refractivity contribution in [1.29, 1.82) is 0 Å². The predicted octanol–water partition coefficient (Wildman–Crippen LogP) is 2.76. The zero-order valence-electron chi connectivity index (χ0n) is 10.2. The van der Waals surface area contributed by atoms with Crippen molar-refractivity contribution in [2.75, 3.05) is 0 Å². The molecule has 0 aromatic heterocycles. The lowest BCUT2D eigenvalue weighted by Gasteiger charge is -2.23. The Kier molecular flexibility index (Phi) is 5.09. The van der Waals surface area contributed by atoms with Gasteiger partial charge in [-0.2, -0.15) is 4.94 Å². The van der Waals surface area contributed by atoms with Crippen molar-refractivity contribution in [3.05, 3.63) is 0 Å². The van der Waals surface area contributed by atoms with E-state index in [2.05, 4.69) is 11.0 Å². The van der Waals surface area contributed by atoms with Crippen molar-refractivity contribution < 1.29 is 4.94 Å². The molecule has 5 heteroatoms. The summed E-state index contributed by atoms with van der Waals surface area (Å²) in [7, 11) is 0. The lowest BCUT2D eigenvalue weighted by molar-refractivity contribution is 0.0311. The van der Waals surface area contributed by atoms with Gasteiger partial charge in [0.05, 0.1) is 0 Å². The van der Waals surface area contributed by atoms with Gasteiger partial charge < -0.3 is 0 Å². The van der Waals surface area contributed by atoms with Crippen molar-refractivity contribution in [3.8, 4) is 0 Å². The average Bonchev–Trinajstić information content (AvgIpc) is 2.00. The highest BCUT2D eigenvalue weighted by atomic mass is 32.1. The molecule has 0 saturated heterocycles. The molecule has 0 unspecified atom stereocenters. The molecule has 0 heterocycles. The summed E-state index contributed by atoms with van der Waals surface area (Å²) in [5.41, 5.74) is 5.10. The summed E-state index contributed by atoms with van der Waals surface area (Å²) in [4.78, 5) is 6.29. The molecule has 0 aliphatic rings. The van der Waals surface area contributed by atoms with Crippen LogP contribution < -0.4 is 11.0 Å². The maximum atomic E-state index is 5.12. The SMILES string of the molecule is CC(C)(C)C(=S)NONC(=S)C(C)(C)C. The Hall–Kier alpha value is -0.260. The minimum Gasteiger partial charge on any atom is -0.235 e. The van der Waals surface area contributed by atoms with Crippen molar-refractivity contribution in [2.45, 2.75) is 41.5 Å². The second-order valence-corrected chi connectivity index (χ2v) is 6.28. The van der Waals surface area contributed by atoms with E-state index >= 15 is 0 Å². The standard InChI is InChI=1S/C10H20N2OS2/c1-9(2,3)7(14)11-13-12-8(15)10(4,5)6/h1-6H3,(H,11,14)(H,12,15). The largest absolute Gasteiger partial charge is 0.235 e. The van der Waals surface area contributed by atoms with Crippen LogP contribution in [0.4, 0.5) is 0 Å². The summed E-state index contributed by atoms with van der Waals surface area (Å²) in [6, 6.07) is 0. The maximum absolute atomic E-state index is 5.12. The molecule has 0 bridgehead atoms. The van der Waals surface area contributed by atoms with Gasteiger partial charge in [-0.3, -0.25) is 0 Å². The molecule has 2 N–H and O–H groups in total. The molecule has 0 spiro atoms. The van der Waals surface area contributed by atoms with Crippen LogP contribution in [-0.2, 0) is 4.94 Å². The number of thiocarbonyl (C=S) groups is 2. The Morgan fingerprint density at radius 3 is 1.27 bits per heavy atom. The van der Waals surface area contributed by atoms with Crippen LogP contribution in [0.5, 0.6) is 0 Å². The number of hydrogen-bond acceptors (Lipinski definition) is 3. The van der Waals surface area contributed by atoms with Gasteiger partial charge in [-0.1, -0.05) is 66.0 Å². The molecule has 0 aliphatic carbocycles. The fourth-order valence-corrected chi connectivity index (χ4v) is 0.508. The highest BCUT2D eigenvalue weighted by molar-refractivity contribution is 7.80. The van der Waals surface area contributed by atoms with E-state index in [9.17, 15) is 0 Å². The monoisotopic (exact) mass is 248 g/mol. The van der Waals surface area contributed by atoms with E-state index in [1.807, 2.05) is 41.5 Å². The first-order valence-corrected chi connectivity index (χ1v) is 5.63. The Morgan fingerprint density at radius 1 is 0.800 bits per heavy atom. The van der Waals surface area contributed by atoms with Crippen LogP contribution in [-0.4, -0.2) is 9.98 Å². The molecule has 0 radical (unpaired) electrons. The van der Waals surface area contributed by atoms with Crippen LogP contribution in [0, 0.1) is 10.8 Å².